The second kappa shape index (κ2) is 4.61. The minimum Gasteiger partial charge on any atom is -0.329 e. The van der Waals surface area contributed by atoms with Crippen LogP contribution in [0.2, 0.25) is 4.34 Å². The van der Waals surface area contributed by atoms with Gasteiger partial charge in [0.2, 0.25) is 0 Å². The lowest BCUT2D eigenvalue weighted by molar-refractivity contribution is 0.598. The molecule has 0 radical (unpaired) electrons. The summed E-state index contributed by atoms with van der Waals surface area (Å²) in [5.41, 5.74) is 6.24. The molecule has 0 atom stereocenters. The first kappa shape index (κ1) is 11.1. The van der Waals surface area contributed by atoms with Crippen molar-refractivity contribution >= 4 is 38.9 Å². The zero-order chi connectivity index (χ0) is 10.8. The summed E-state index contributed by atoms with van der Waals surface area (Å²) in [6.07, 6.45) is 1.86. The van der Waals surface area contributed by atoms with Gasteiger partial charge in [0.05, 0.1) is 17.6 Å². The lowest BCUT2D eigenvalue weighted by Gasteiger charge is -1.92. The zero-order valence-electron chi connectivity index (χ0n) is 7.65. The van der Waals surface area contributed by atoms with Gasteiger partial charge in [0.25, 0.3) is 0 Å². The van der Waals surface area contributed by atoms with Gasteiger partial charge in [0.1, 0.15) is 10.0 Å². The third-order valence-corrected chi connectivity index (χ3v) is 4.29. The summed E-state index contributed by atoms with van der Waals surface area (Å²) in [6, 6.07) is 1.93. The Morgan fingerprint density at radius 3 is 3.00 bits per heavy atom. The molecule has 2 aromatic rings. The van der Waals surface area contributed by atoms with E-state index in [9.17, 15) is 0 Å². The lowest BCUT2D eigenvalue weighted by Crippen LogP contribution is -2.10. The third-order valence-electron chi connectivity index (χ3n) is 1.79. The number of nitrogens with zero attached hydrogens (tertiary/aromatic N) is 3. The van der Waals surface area contributed by atoms with Crippen LogP contribution in [0.3, 0.4) is 0 Å². The molecule has 0 saturated carbocycles. The van der Waals surface area contributed by atoms with Gasteiger partial charge >= 0.3 is 0 Å². The molecule has 7 heteroatoms. The minimum absolute atomic E-state index is 0.553. The van der Waals surface area contributed by atoms with E-state index < -0.39 is 0 Å². The first-order valence-electron chi connectivity index (χ1n) is 4.26. The zero-order valence-corrected chi connectivity index (χ0v) is 10.8. The molecule has 0 bridgehead atoms. The van der Waals surface area contributed by atoms with Crippen LogP contribution in [0.5, 0.6) is 0 Å². The highest BCUT2D eigenvalue weighted by Gasteiger charge is 2.09. The van der Waals surface area contributed by atoms with Crippen molar-refractivity contribution in [1.82, 2.24) is 15.0 Å². The summed E-state index contributed by atoms with van der Waals surface area (Å²) >= 11 is 10.8. The molecule has 0 aliphatic heterocycles. The fourth-order valence-corrected chi connectivity index (χ4v) is 2.78. The van der Waals surface area contributed by atoms with Gasteiger partial charge in [-0.2, -0.15) is 0 Å². The van der Waals surface area contributed by atoms with E-state index in [0.29, 0.717) is 13.1 Å². The van der Waals surface area contributed by atoms with Crippen LogP contribution in [-0.4, -0.2) is 21.5 Å². The van der Waals surface area contributed by atoms with Crippen LogP contribution >= 0.6 is 38.9 Å². The average molecular weight is 308 g/mol. The Hall–Kier alpha value is -0.430. The molecule has 2 heterocycles. The van der Waals surface area contributed by atoms with E-state index >= 15 is 0 Å². The van der Waals surface area contributed by atoms with Crippen LogP contribution in [0, 0.1) is 0 Å². The number of halogens is 2. The molecule has 2 N–H and O–H groups in total. The molecular weight excluding hydrogens is 300 g/mol. The van der Waals surface area contributed by atoms with Gasteiger partial charge < -0.3 is 5.73 Å². The van der Waals surface area contributed by atoms with E-state index in [4.69, 9.17) is 17.3 Å². The largest absolute Gasteiger partial charge is 0.329 e. The van der Waals surface area contributed by atoms with E-state index in [1.54, 1.807) is 4.68 Å². The number of nitrogens with two attached hydrogens (primary N) is 1. The number of rotatable bonds is 3. The molecule has 0 saturated heterocycles. The van der Waals surface area contributed by atoms with Crippen molar-refractivity contribution in [2.45, 2.75) is 6.54 Å². The molecule has 0 aromatic carbocycles. The highest BCUT2D eigenvalue weighted by atomic mass is 79.9. The fourth-order valence-electron chi connectivity index (χ4n) is 1.13. The first-order valence-corrected chi connectivity index (χ1v) is 6.25. The summed E-state index contributed by atoms with van der Waals surface area (Å²) in [5.74, 6) is 0. The Morgan fingerprint density at radius 2 is 2.40 bits per heavy atom. The second-order valence-corrected chi connectivity index (χ2v) is 5.40. The minimum atomic E-state index is 0.553. The van der Waals surface area contributed by atoms with Gasteiger partial charge in [-0.1, -0.05) is 16.8 Å². The Morgan fingerprint density at radius 1 is 1.60 bits per heavy atom. The summed E-state index contributed by atoms with van der Waals surface area (Å²) < 4.78 is 3.33. The maximum atomic E-state index is 5.94. The van der Waals surface area contributed by atoms with Gasteiger partial charge in [-0.15, -0.1) is 16.4 Å². The molecule has 0 aliphatic rings. The fraction of sp³-hybridized carbons (Fsp3) is 0.250. The highest BCUT2D eigenvalue weighted by Crippen LogP contribution is 2.36. The van der Waals surface area contributed by atoms with Crippen LogP contribution in [0.4, 0.5) is 0 Å². The summed E-state index contributed by atoms with van der Waals surface area (Å²) in [7, 11) is 0. The molecule has 0 aliphatic carbocycles. The SMILES string of the molecule is NCCn1cc(-c2cc(Br)c(Cl)s2)nn1. The van der Waals surface area contributed by atoms with Crippen LogP contribution in [0.15, 0.2) is 16.7 Å². The summed E-state index contributed by atoms with van der Waals surface area (Å²) in [6.45, 7) is 1.23. The lowest BCUT2D eigenvalue weighted by atomic mass is 10.4. The van der Waals surface area contributed by atoms with Crippen molar-refractivity contribution < 1.29 is 0 Å². The van der Waals surface area contributed by atoms with Crippen molar-refractivity contribution in [3.63, 3.8) is 0 Å². The molecule has 4 nitrogen and oxygen atoms in total. The second-order valence-electron chi connectivity index (χ2n) is 2.89. The first-order chi connectivity index (χ1) is 7.20. The van der Waals surface area contributed by atoms with Crippen molar-refractivity contribution in [1.29, 1.82) is 0 Å². The maximum absolute atomic E-state index is 5.94. The predicted octanol–water partition coefficient (Wildman–Crippen LogP) is 2.38. The van der Waals surface area contributed by atoms with Crippen LogP contribution < -0.4 is 5.73 Å². The van der Waals surface area contributed by atoms with Gasteiger partial charge in [-0.25, -0.2) is 0 Å². The van der Waals surface area contributed by atoms with Crippen LogP contribution in [-0.2, 0) is 6.54 Å². The van der Waals surface area contributed by atoms with E-state index in [0.717, 1.165) is 19.4 Å². The monoisotopic (exact) mass is 306 g/mol. The predicted molar refractivity (Wildman–Crippen MR) is 65.1 cm³/mol. The van der Waals surface area contributed by atoms with E-state index in [1.807, 2.05) is 12.3 Å². The molecule has 2 rings (SSSR count). The molecule has 0 fully saturated rings. The molecule has 0 amide bonds. The number of aromatic nitrogens is 3. The van der Waals surface area contributed by atoms with E-state index in [-0.39, 0.29) is 0 Å². The normalized spacial score (nSPS) is 10.9. The molecule has 15 heavy (non-hydrogen) atoms. The van der Waals surface area contributed by atoms with Crippen LogP contribution in [0.25, 0.3) is 10.6 Å². The number of thiophene rings is 1. The molecular formula is C8H8BrClN4S. The Kier molecular flexibility index (Phi) is 3.40. The van der Waals surface area contributed by atoms with Crippen molar-refractivity contribution in [2.75, 3.05) is 6.54 Å². The van der Waals surface area contributed by atoms with E-state index in [2.05, 4.69) is 26.2 Å². The molecule has 2 aromatic heterocycles. The molecule has 0 spiro atoms. The third kappa shape index (κ3) is 2.39. The quantitative estimate of drug-likeness (QED) is 0.947. The maximum Gasteiger partial charge on any atom is 0.123 e. The van der Waals surface area contributed by atoms with Crippen molar-refractivity contribution in [3.05, 3.63) is 21.1 Å². The van der Waals surface area contributed by atoms with Crippen LogP contribution in [0.1, 0.15) is 0 Å². The Bertz CT molecular complexity index is 447. The topological polar surface area (TPSA) is 56.7 Å². The van der Waals surface area contributed by atoms with Gasteiger partial charge in [-0.05, 0) is 22.0 Å². The number of hydrogen-bond donors (Lipinski definition) is 1. The van der Waals surface area contributed by atoms with Crippen molar-refractivity contribution in [3.8, 4) is 10.6 Å². The Labute approximate surface area is 104 Å². The molecule has 80 valence electrons. The molecule has 0 unspecified atom stereocenters. The van der Waals surface area contributed by atoms with Gasteiger partial charge in [0, 0.05) is 11.0 Å². The summed E-state index contributed by atoms with van der Waals surface area (Å²) in [5, 5.41) is 8.00. The number of hydrogen-bond acceptors (Lipinski definition) is 4. The highest BCUT2D eigenvalue weighted by molar-refractivity contribution is 9.10. The smallest absolute Gasteiger partial charge is 0.123 e. The van der Waals surface area contributed by atoms with Gasteiger partial charge in [0.15, 0.2) is 0 Å². The summed E-state index contributed by atoms with van der Waals surface area (Å²) in [4.78, 5) is 0.996. The standard InChI is InChI=1S/C8H8BrClN4S/c9-5-3-7(15-8(5)10)6-4-14(2-1-11)13-12-6/h3-4H,1-2,11H2. The average Bonchev–Trinajstić information content (AvgIpc) is 2.76. The van der Waals surface area contributed by atoms with Gasteiger partial charge in [-0.3, -0.25) is 4.68 Å². The van der Waals surface area contributed by atoms with Crippen molar-refractivity contribution in [2.24, 2.45) is 5.73 Å². The van der Waals surface area contributed by atoms with E-state index in [1.165, 1.54) is 11.3 Å². The Balaban J connectivity index is 2.28.